The molecule has 0 bridgehead atoms. The summed E-state index contributed by atoms with van der Waals surface area (Å²) >= 11 is 5.92. The Morgan fingerprint density at radius 2 is 2.15 bits per heavy atom. The number of amides is 2. The lowest BCUT2D eigenvalue weighted by atomic mass is 10.3. The lowest BCUT2D eigenvalue weighted by Crippen LogP contribution is -2.40. The van der Waals surface area contributed by atoms with Crippen LogP contribution in [0.2, 0.25) is 5.02 Å². The van der Waals surface area contributed by atoms with E-state index in [4.69, 9.17) is 16.3 Å². The zero-order valence-electron chi connectivity index (χ0n) is 14.6. The first-order chi connectivity index (χ1) is 12.5. The second-order valence-corrected chi connectivity index (χ2v) is 6.32. The molecular weight excluding hydrogens is 354 g/mol. The minimum absolute atomic E-state index is 0.208. The van der Waals surface area contributed by atoms with E-state index in [0.29, 0.717) is 29.7 Å². The van der Waals surface area contributed by atoms with Crippen molar-refractivity contribution in [3.8, 4) is 5.75 Å². The van der Waals surface area contributed by atoms with Gasteiger partial charge in [-0.2, -0.15) is 0 Å². The molecule has 0 aliphatic carbocycles. The van der Waals surface area contributed by atoms with E-state index < -0.39 is 0 Å². The van der Waals surface area contributed by atoms with Gasteiger partial charge < -0.3 is 15.0 Å². The Balaban J connectivity index is 1.52. The zero-order chi connectivity index (χ0) is 18.5. The first-order valence-electron chi connectivity index (χ1n) is 8.24. The summed E-state index contributed by atoms with van der Waals surface area (Å²) in [6.45, 7) is 2.68. The summed E-state index contributed by atoms with van der Waals surface area (Å²) in [6.07, 6.45) is 1.87. The van der Waals surface area contributed by atoms with E-state index in [0.717, 1.165) is 5.65 Å². The SMILES string of the molecule is CC(NC(=O)N(C)CCOc1cccc(Cl)c1)c1nnc2ccccn12. The molecule has 3 aromatic rings. The van der Waals surface area contributed by atoms with Crippen LogP contribution < -0.4 is 10.1 Å². The lowest BCUT2D eigenvalue weighted by Gasteiger charge is -2.21. The maximum atomic E-state index is 12.4. The highest BCUT2D eigenvalue weighted by Crippen LogP contribution is 2.17. The summed E-state index contributed by atoms with van der Waals surface area (Å²) in [6, 6.07) is 12.3. The number of nitrogens with zero attached hydrogens (tertiary/aromatic N) is 4. The van der Waals surface area contributed by atoms with Crippen LogP contribution in [0.3, 0.4) is 0 Å². The minimum atomic E-state index is -0.281. The molecule has 8 heteroatoms. The molecule has 0 radical (unpaired) electrons. The van der Waals surface area contributed by atoms with Gasteiger partial charge in [0.15, 0.2) is 11.5 Å². The maximum absolute atomic E-state index is 12.4. The normalized spacial score (nSPS) is 12.0. The second-order valence-electron chi connectivity index (χ2n) is 5.89. The molecule has 26 heavy (non-hydrogen) atoms. The van der Waals surface area contributed by atoms with Crippen LogP contribution in [0.5, 0.6) is 5.75 Å². The van der Waals surface area contributed by atoms with Gasteiger partial charge in [-0.15, -0.1) is 10.2 Å². The number of hydrogen-bond donors (Lipinski definition) is 1. The Kier molecular flexibility index (Phi) is 5.58. The number of rotatable bonds is 6. The minimum Gasteiger partial charge on any atom is -0.492 e. The number of hydrogen-bond acceptors (Lipinski definition) is 4. The predicted octanol–water partition coefficient (Wildman–Crippen LogP) is 3.16. The Morgan fingerprint density at radius 3 is 2.96 bits per heavy atom. The van der Waals surface area contributed by atoms with Crippen LogP contribution in [-0.4, -0.2) is 45.7 Å². The van der Waals surface area contributed by atoms with Gasteiger partial charge in [0.1, 0.15) is 12.4 Å². The number of pyridine rings is 1. The number of halogens is 1. The number of nitrogens with one attached hydrogen (secondary N) is 1. The van der Waals surface area contributed by atoms with Crippen LogP contribution in [-0.2, 0) is 0 Å². The Hall–Kier alpha value is -2.80. The van der Waals surface area contributed by atoms with E-state index in [9.17, 15) is 4.79 Å². The number of urea groups is 1. The average molecular weight is 374 g/mol. The number of ether oxygens (including phenoxy) is 1. The standard InChI is InChI=1S/C18H20ClN5O2/c1-13(17-22-21-16-8-3-4-9-24(16)17)20-18(25)23(2)10-11-26-15-7-5-6-14(19)12-15/h3-9,12-13H,10-11H2,1-2H3,(H,20,25). The van der Waals surface area contributed by atoms with Gasteiger partial charge in [-0.25, -0.2) is 4.79 Å². The lowest BCUT2D eigenvalue weighted by molar-refractivity contribution is 0.192. The summed E-state index contributed by atoms with van der Waals surface area (Å²) in [7, 11) is 1.71. The van der Waals surface area contributed by atoms with Crippen molar-refractivity contribution in [1.82, 2.24) is 24.8 Å². The van der Waals surface area contributed by atoms with Crippen LogP contribution in [0.25, 0.3) is 5.65 Å². The highest BCUT2D eigenvalue weighted by molar-refractivity contribution is 6.30. The maximum Gasteiger partial charge on any atom is 0.317 e. The van der Waals surface area contributed by atoms with E-state index in [1.807, 2.05) is 47.9 Å². The highest BCUT2D eigenvalue weighted by atomic mass is 35.5. The van der Waals surface area contributed by atoms with Gasteiger partial charge in [-0.1, -0.05) is 23.7 Å². The summed E-state index contributed by atoms with van der Waals surface area (Å²) in [5.41, 5.74) is 0.742. The van der Waals surface area contributed by atoms with Crippen molar-refractivity contribution >= 4 is 23.3 Å². The predicted molar refractivity (Wildman–Crippen MR) is 99.5 cm³/mol. The molecule has 1 N–H and O–H groups in total. The molecule has 1 unspecified atom stereocenters. The summed E-state index contributed by atoms with van der Waals surface area (Å²) in [4.78, 5) is 13.9. The van der Waals surface area contributed by atoms with E-state index >= 15 is 0 Å². The number of likely N-dealkylation sites (N-methyl/N-ethyl adjacent to an activating group) is 1. The number of carbonyl (C=O) groups is 1. The zero-order valence-corrected chi connectivity index (χ0v) is 15.3. The number of benzene rings is 1. The molecule has 1 aromatic carbocycles. The quantitative estimate of drug-likeness (QED) is 0.720. The van der Waals surface area contributed by atoms with Crippen molar-refractivity contribution in [3.05, 3.63) is 59.5 Å². The fourth-order valence-electron chi connectivity index (χ4n) is 2.47. The molecule has 0 fully saturated rings. The highest BCUT2D eigenvalue weighted by Gasteiger charge is 2.17. The molecule has 0 aliphatic rings. The second kappa shape index (κ2) is 8.05. The molecule has 2 heterocycles. The third-order valence-corrected chi connectivity index (χ3v) is 4.14. The third-order valence-electron chi connectivity index (χ3n) is 3.91. The molecule has 0 saturated carbocycles. The summed E-state index contributed by atoms with van der Waals surface area (Å²) in [5, 5.41) is 11.8. The molecule has 0 spiro atoms. The molecule has 1 atom stereocenters. The fourth-order valence-corrected chi connectivity index (χ4v) is 2.65. The van der Waals surface area contributed by atoms with Crippen molar-refractivity contribution in [1.29, 1.82) is 0 Å². The Bertz CT molecular complexity index is 898. The van der Waals surface area contributed by atoms with E-state index in [2.05, 4.69) is 15.5 Å². The van der Waals surface area contributed by atoms with Gasteiger partial charge in [-0.3, -0.25) is 4.40 Å². The molecule has 2 amide bonds. The molecule has 3 rings (SSSR count). The average Bonchev–Trinajstić information content (AvgIpc) is 3.06. The first-order valence-corrected chi connectivity index (χ1v) is 8.62. The van der Waals surface area contributed by atoms with Crippen molar-refractivity contribution in [2.24, 2.45) is 0 Å². The van der Waals surface area contributed by atoms with Gasteiger partial charge in [-0.05, 0) is 37.3 Å². The molecule has 7 nitrogen and oxygen atoms in total. The van der Waals surface area contributed by atoms with Crippen molar-refractivity contribution in [3.63, 3.8) is 0 Å². The number of carbonyl (C=O) groups excluding carboxylic acids is 1. The smallest absolute Gasteiger partial charge is 0.317 e. The molecule has 0 saturated heterocycles. The van der Waals surface area contributed by atoms with Crippen molar-refractivity contribution in [2.75, 3.05) is 20.2 Å². The number of fused-ring (bicyclic) bond motifs is 1. The van der Waals surface area contributed by atoms with Gasteiger partial charge in [0.05, 0.1) is 12.6 Å². The van der Waals surface area contributed by atoms with E-state index in [1.54, 1.807) is 24.1 Å². The van der Waals surface area contributed by atoms with Crippen molar-refractivity contribution < 1.29 is 9.53 Å². The fraction of sp³-hybridized carbons (Fsp3) is 0.278. The van der Waals surface area contributed by atoms with Crippen molar-refractivity contribution in [2.45, 2.75) is 13.0 Å². The summed E-state index contributed by atoms with van der Waals surface area (Å²) < 4.78 is 7.46. The van der Waals surface area contributed by atoms with Crippen LogP contribution in [0.15, 0.2) is 48.7 Å². The van der Waals surface area contributed by atoms with Crippen LogP contribution in [0.4, 0.5) is 4.79 Å². The topological polar surface area (TPSA) is 71.8 Å². The Morgan fingerprint density at radius 1 is 1.31 bits per heavy atom. The first kappa shape index (κ1) is 18.0. The molecule has 136 valence electrons. The van der Waals surface area contributed by atoms with Crippen LogP contribution in [0, 0.1) is 0 Å². The monoisotopic (exact) mass is 373 g/mol. The van der Waals surface area contributed by atoms with Crippen LogP contribution in [0.1, 0.15) is 18.8 Å². The molecule has 0 aliphatic heterocycles. The number of aromatic nitrogens is 3. The largest absolute Gasteiger partial charge is 0.492 e. The van der Waals surface area contributed by atoms with Gasteiger partial charge in [0.2, 0.25) is 0 Å². The summed E-state index contributed by atoms with van der Waals surface area (Å²) in [5.74, 6) is 1.35. The van der Waals surface area contributed by atoms with Gasteiger partial charge >= 0.3 is 6.03 Å². The van der Waals surface area contributed by atoms with E-state index in [-0.39, 0.29) is 12.1 Å². The Labute approximate surface area is 156 Å². The third kappa shape index (κ3) is 4.23. The van der Waals surface area contributed by atoms with E-state index in [1.165, 1.54) is 0 Å². The van der Waals surface area contributed by atoms with Crippen LogP contribution >= 0.6 is 11.6 Å². The van der Waals surface area contributed by atoms with Gasteiger partial charge in [0, 0.05) is 18.3 Å². The molecular formula is C18H20ClN5O2. The van der Waals surface area contributed by atoms with Gasteiger partial charge in [0.25, 0.3) is 0 Å². The molecule has 2 aromatic heterocycles.